The fraction of sp³-hybridized carbons (Fsp3) is 0.444. The zero-order chi connectivity index (χ0) is 16.4. The van der Waals surface area contributed by atoms with Crippen molar-refractivity contribution in [3.05, 3.63) is 35.2 Å². The first kappa shape index (κ1) is 15.6. The molecule has 126 valence electrons. The van der Waals surface area contributed by atoms with Crippen molar-refractivity contribution in [1.29, 1.82) is 0 Å². The largest absolute Gasteiger partial charge is 0.335 e. The highest BCUT2D eigenvalue weighted by atomic mass is 32.2. The number of amides is 2. The Morgan fingerprint density at radius 2 is 1.96 bits per heavy atom. The summed E-state index contributed by atoms with van der Waals surface area (Å²) in [6, 6.07) is 8.28. The Bertz CT molecular complexity index is 677. The Balaban J connectivity index is 1.35. The van der Waals surface area contributed by atoms with Gasteiger partial charge in [-0.25, -0.2) is 4.79 Å². The molecule has 0 bridgehead atoms. The highest BCUT2D eigenvalue weighted by molar-refractivity contribution is 8.16. The predicted molar refractivity (Wildman–Crippen MR) is 100 cm³/mol. The van der Waals surface area contributed by atoms with Gasteiger partial charge in [0.25, 0.3) is 0 Å². The molecule has 1 saturated carbocycles. The molecule has 2 heterocycles. The van der Waals surface area contributed by atoms with Gasteiger partial charge in [0.1, 0.15) is 0 Å². The quantitative estimate of drug-likeness (QED) is 0.877. The number of aliphatic imine (C=N–C) groups is 1. The normalized spacial score (nSPS) is 20.4. The number of thioether (sulfide) groups is 1. The minimum Gasteiger partial charge on any atom is -0.335 e. The summed E-state index contributed by atoms with van der Waals surface area (Å²) >= 11 is 1.68. The average molecular weight is 342 g/mol. The third kappa shape index (κ3) is 3.29. The van der Waals surface area contributed by atoms with Crippen LogP contribution in [0.25, 0.3) is 5.70 Å². The smallest absolute Gasteiger partial charge is 0.319 e. The van der Waals surface area contributed by atoms with Gasteiger partial charge >= 0.3 is 6.03 Å². The molecule has 2 N–H and O–H groups in total. The monoisotopic (exact) mass is 342 g/mol. The van der Waals surface area contributed by atoms with E-state index in [4.69, 9.17) is 0 Å². The summed E-state index contributed by atoms with van der Waals surface area (Å²) in [6.45, 7) is 1.83. The highest BCUT2D eigenvalue weighted by Crippen LogP contribution is 2.35. The van der Waals surface area contributed by atoms with E-state index in [9.17, 15) is 4.79 Å². The summed E-state index contributed by atoms with van der Waals surface area (Å²) in [6.07, 6.45) is 5.91. The van der Waals surface area contributed by atoms with Gasteiger partial charge in [-0.3, -0.25) is 4.99 Å². The number of hydrogen-bond acceptors (Lipinski definition) is 4. The van der Waals surface area contributed by atoms with E-state index in [-0.39, 0.29) is 6.03 Å². The maximum Gasteiger partial charge on any atom is 0.319 e. The van der Waals surface area contributed by atoms with Crippen LogP contribution in [0.4, 0.5) is 10.5 Å². The number of hydrogen-bond donors (Lipinski definition) is 2. The van der Waals surface area contributed by atoms with Crippen LogP contribution >= 0.6 is 11.8 Å². The van der Waals surface area contributed by atoms with E-state index in [0.29, 0.717) is 6.04 Å². The van der Waals surface area contributed by atoms with E-state index < -0.39 is 0 Å². The molecule has 0 atom stereocenters. The Hall–Kier alpha value is -1.95. The van der Waals surface area contributed by atoms with Crippen molar-refractivity contribution in [2.75, 3.05) is 18.4 Å². The number of amidine groups is 1. The van der Waals surface area contributed by atoms with Gasteiger partial charge in [0.15, 0.2) is 5.17 Å². The molecule has 1 aromatic carbocycles. The van der Waals surface area contributed by atoms with Gasteiger partial charge in [-0.05, 0) is 30.5 Å². The molecule has 3 aliphatic rings. The van der Waals surface area contributed by atoms with E-state index in [1.807, 2.05) is 12.1 Å². The first-order chi connectivity index (χ1) is 11.8. The maximum absolute atomic E-state index is 12.1. The van der Waals surface area contributed by atoms with Crippen molar-refractivity contribution in [2.45, 2.75) is 38.1 Å². The molecule has 24 heavy (non-hydrogen) atoms. The molecule has 0 aromatic heterocycles. The molecule has 2 amide bonds. The number of carbonyl (C=O) groups excluding carboxylic acids is 1. The third-order valence-electron chi connectivity index (χ3n) is 4.75. The second kappa shape index (κ2) is 6.89. The van der Waals surface area contributed by atoms with Gasteiger partial charge in [0, 0.05) is 23.7 Å². The zero-order valence-electron chi connectivity index (χ0n) is 13.6. The van der Waals surface area contributed by atoms with Gasteiger partial charge in [0.2, 0.25) is 0 Å². The SMILES string of the molecule is O=C(Nc1ccc(C2=CSC3=NCCN23)cc1)NC1CCCCC1. The van der Waals surface area contributed by atoms with Gasteiger partial charge in [0.05, 0.1) is 12.2 Å². The fourth-order valence-corrected chi connectivity index (χ4v) is 4.43. The first-order valence-corrected chi connectivity index (χ1v) is 9.54. The summed E-state index contributed by atoms with van der Waals surface area (Å²) in [4.78, 5) is 18.8. The minimum absolute atomic E-state index is 0.0979. The van der Waals surface area contributed by atoms with Crippen molar-refractivity contribution in [3.8, 4) is 0 Å². The predicted octanol–water partition coefficient (Wildman–Crippen LogP) is 3.86. The second-order valence-corrected chi connectivity index (χ2v) is 7.28. The molecular weight excluding hydrogens is 320 g/mol. The fourth-order valence-electron chi connectivity index (χ4n) is 3.47. The Morgan fingerprint density at radius 1 is 1.17 bits per heavy atom. The lowest BCUT2D eigenvalue weighted by Crippen LogP contribution is -2.39. The number of anilines is 1. The Labute approximate surface area is 146 Å². The summed E-state index contributed by atoms with van der Waals surface area (Å²) in [5.41, 5.74) is 3.19. The van der Waals surface area contributed by atoms with Crippen LogP contribution in [0.1, 0.15) is 37.7 Å². The van der Waals surface area contributed by atoms with Crippen molar-refractivity contribution in [1.82, 2.24) is 10.2 Å². The first-order valence-electron chi connectivity index (χ1n) is 8.66. The summed E-state index contributed by atoms with van der Waals surface area (Å²) in [7, 11) is 0. The van der Waals surface area contributed by atoms with Gasteiger partial charge in [-0.1, -0.05) is 43.2 Å². The molecule has 0 saturated heterocycles. The van der Waals surface area contributed by atoms with E-state index in [1.165, 1.54) is 25.0 Å². The molecule has 0 spiro atoms. The lowest BCUT2D eigenvalue weighted by molar-refractivity contribution is 0.244. The number of carbonyl (C=O) groups is 1. The summed E-state index contributed by atoms with van der Waals surface area (Å²) < 4.78 is 0. The molecule has 4 rings (SSSR count). The van der Waals surface area contributed by atoms with Gasteiger partial charge < -0.3 is 15.5 Å². The number of nitrogens with one attached hydrogen (secondary N) is 2. The van der Waals surface area contributed by atoms with E-state index >= 15 is 0 Å². The lowest BCUT2D eigenvalue weighted by Gasteiger charge is -2.23. The molecule has 1 aliphatic carbocycles. The van der Waals surface area contributed by atoms with Crippen LogP contribution in [0.15, 0.2) is 34.7 Å². The van der Waals surface area contributed by atoms with E-state index in [1.54, 1.807) is 11.8 Å². The Morgan fingerprint density at radius 3 is 2.75 bits per heavy atom. The maximum atomic E-state index is 12.1. The van der Waals surface area contributed by atoms with Crippen molar-refractivity contribution >= 4 is 34.3 Å². The van der Waals surface area contributed by atoms with Gasteiger partial charge in [-0.2, -0.15) is 0 Å². The van der Waals surface area contributed by atoms with Crippen LogP contribution in [-0.2, 0) is 0 Å². The summed E-state index contributed by atoms with van der Waals surface area (Å²) in [5.74, 6) is 0. The topological polar surface area (TPSA) is 56.7 Å². The standard InChI is InChI=1S/C18H22N4OS/c23-17(20-14-4-2-1-3-5-14)21-15-8-6-13(7-9-15)16-12-24-18-19-10-11-22(16)18/h6-9,12,14H,1-5,10-11H2,(H2,20,21,23). The molecule has 6 heteroatoms. The number of benzene rings is 1. The molecule has 1 fully saturated rings. The van der Waals surface area contributed by atoms with Crippen LogP contribution < -0.4 is 10.6 Å². The molecule has 5 nitrogen and oxygen atoms in total. The van der Waals surface area contributed by atoms with Crippen LogP contribution in [0.2, 0.25) is 0 Å². The zero-order valence-corrected chi connectivity index (χ0v) is 14.4. The van der Waals surface area contributed by atoms with E-state index in [0.717, 1.165) is 42.3 Å². The minimum atomic E-state index is -0.0979. The van der Waals surface area contributed by atoms with Crippen LogP contribution in [0.5, 0.6) is 0 Å². The Kier molecular flexibility index (Phi) is 4.47. The van der Waals surface area contributed by atoms with E-state index in [2.05, 4.69) is 38.1 Å². The summed E-state index contributed by atoms with van der Waals surface area (Å²) in [5, 5.41) is 9.27. The number of urea groups is 1. The molecule has 2 aliphatic heterocycles. The lowest BCUT2D eigenvalue weighted by atomic mass is 9.96. The number of fused-ring (bicyclic) bond motifs is 1. The number of rotatable bonds is 3. The van der Waals surface area contributed by atoms with Crippen LogP contribution in [-0.4, -0.2) is 35.2 Å². The third-order valence-corrected chi connectivity index (χ3v) is 5.65. The van der Waals surface area contributed by atoms with Crippen molar-refractivity contribution < 1.29 is 4.79 Å². The number of nitrogens with zero attached hydrogens (tertiary/aromatic N) is 2. The van der Waals surface area contributed by atoms with Crippen LogP contribution in [0, 0.1) is 0 Å². The molecule has 0 radical (unpaired) electrons. The second-order valence-electron chi connectivity index (χ2n) is 6.45. The van der Waals surface area contributed by atoms with Crippen molar-refractivity contribution in [3.63, 3.8) is 0 Å². The highest BCUT2D eigenvalue weighted by Gasteiger charge is 2.26. The van der Waals surface area contributed by atoms with Crippen molar-refractivity contribution in [2.24, 2.45) is 4.99 Å². The molecule has 0 unspecified atom stereocenters. The van der Waals surface area contributed by atoms with Gasteiger partial charge in [-0.15, -0.1) is 0 Å². The molecular formula is C18H22N4OS. The molecule has 1 aromatic rings. The average Bonchev–Trinajstić information content (AvgIpc) is 3.20. The van der Waals surface area contributed by atoms with Crippen LogP contribution in [0.3, 0.4) is 0 Å².